The Morgan fingerprint density at radius 3 is 2.76 bits per heavy atom. The van der Waals surface area contributed by atoms with E-state index in [-0.39, 0.29) is 11.9 Å². The van der Waals surface area contributed by atoms with Crippen LogP contribution in [0.2, 0.25) is 0 Å². The van der Waals surface area contributed by atoms with E-state index in [9.17, 15) is 4.79 Å². The highest BCUT2D eigenvalue weighted by Gasteiger charge is 2.31. The van der Waals surface area contributed by atoms with Gasteiger partial charge < -0.3 is 10.6 Å². The topological polar surface area (TPSA) is 46.3 Å². The van der Waals surface area contributed by atoms with Crippen molar-refractivity contribution in [2.24, 2.45) is 11.7 Å². The molecule has 92 valence electrons. The minimum Gasteiger partial charge on any atom is -0.337 e. The first kappa shape index (κ1) is 12.6. The molecule has 1 fully saturated rings. The largest absolute Gasteiger partial charge is 0.337 e. The first-order valence-electron chi connectivity index (χ1n) is 5.80. The molecule has 0 saturated carbocycles. The van der Waals surface area contributed by atoms with Crippen molar-refractivity contribution in [3.8, 4) is 0 Å². The Balaban J connectivity index is 2.24. The number of rotatable bonds is 1. The number of carbonyl (C=O) groups is 1. The van der Waals surface area contributed by atoms with Gasteiger partial charge in [0, 0.05) is 23.6 Å². The van der Waals surface area contributed by atoms with Crippen molar-refractivity contribution in [2.45, 2.75) is 19.9 Å². The summed E-state index contributed by atoms with van der Waals surface area (Å²) in [7, 11) is 0. The normalized spacial score (nSPS) is 24.1. The third-order valence-electron chi connectivity index (χ3n) is 3.38. The summed E-state index contributed by atoms with van der Waals surface area (Å²) < 4.78 is 0.887. The van der Waals surface area contributed by atoms with Crippen molar-refractivity contribution in [1.29, 1.82) is 0 Å². The predicted octanol–water partition coefficient (Wildman–Crippen LogP) is 2.18. The Hall–Kier alpha value is -0.870. The fourth-order valence-corrected chi connectivity index (χ4v) is 2.57. The van der Waals surface area contributed by atoms with E-state index in [0.29, 0.717) is 12.5 Å². The quantitative estimate of drug-likeness (QED) is 0.863. The highest BCUT2D eigenvalue weighted by atomic mass is 79.9. The molecular weight excluding hydrogens is 280 g/mol. The molecule has 4 heteroatoms. The van der Waals surface area contributed by atoms with Crippen LogP contribution in [0, 0.1) is 12.8 Å². The van der Waals surface area contributed by atoms with Crippen LogP contribution < -0.4 is 5.73 Å². The maximum atomic E-state index is 12.4. The minimum absolute atomic E-state index is 0.0698. The van der Waals surface area contributed by atoms with Crippen molar-refractivity contribution >= 4 is 21.8 Å². The van der Waals surface area contributed by atoms with Gasteiger partial charge >= 0.3 is 0 Å². The second kappa shape index (κ2) is 4.78. The Morgan fingerprint density at radius 1 is 1.47 bits per heavy atom. The van der Waals surface area contributed by atoms with Crippen LogP contribution in [0.4, 0.5) is 0 Å². The molecule has 1 saturated heterocycles. The molecule has 1 heterocycles. The molecule has 0 radical (unpaired) electrons. The number of halogens is 1. The third kappa shape index (κ3) is 2.38. The lowest BCUT2D eigenvalue weighted by Crippen LogP contribution is -2.32. The van der Waals surface area contributed by atoms with Gasteiger partial charge in [-0.3, -0.25) is 4.79 Å². The number of likely N-dealkylation sites (tertiary alicyclic amines) is 1. The molecule has 0 aromatic heterocycles. The standard InChI is InChI=1S/C13H17BrN2O/c1-8-4-3-5-10(12(8)14)13(17)16-6-9(2)11(15)7-16/h3-5,9,11H,6-7,15H2,1-2H3. The Bertz CT molecular complexity index is 437. The number of amides is 1. The van der Waals surface area contributed by atoms with E-state index in [2.05, 4.69) is 22.9 Å². The van der Waals surface area contributed by atoms with Crippen molar-refractivity contribution in [3.63, 3.8) is 0 Å². The fraction of sp³-hybridized carbons (Fsp3) is 0.462. The SMILES string of the molecule is Cc1cccc(C(=O)N2CC(C)C(N)C2)c1Br. The summed E-state index contributed by atoms with van der Waals surface area (Å²) in [6.07, 6.45) is 0. The summed E-state index contributed by atoms with van der Waals surface area (Å²) in [5.74, 6) is 0.447. The smallest absolute Gasteiger partial charge is 0.255 e. The molecular formula is C13H17BrN2O. The zero-order valence-electron chi connectivity index (χ0n) is 10.1. The highest BCUT2D eigenvalue weighted by molar-refractivity contribution is 9.10. The minimum atomic E-state index is 0.0698. The summed E-state index contributed by atoms with van der Waals surface area (Å²) in [4.78, 5) is 14.2. The van der Waals surface area contributed by atoms with Crippen molar-refractivity contribution in [1.82, 2.24) is 4.90 Å². The average molecular weight is 297 g/mol. The predicted molar refractivity (Wildman–Crippen MR) is 71.9 cm³/mol. The van der Waals surface area contributed by atoms with Crippen molar-refractivity contribution < 1.29 is 4.79 Å². The van der Waals surface area contributed by atoms with E-state index >= 15 is 0 Å². The van der Waals surface area contributed by atoms with E-state index in [4.69, 9.17) is 5.73 Å². The van der Waals surface area contributed by atoms with Gasteiger partial charge in [-0.15, -0.1) is 0 Å². The molecule has 1 amide bonds. The molecule has 1 aromatic rings. The van der Waals surface area contributed by atoms with Gasteiger partial charge in [0.15, 0.2) is 0 Å². The maximum Gasteiger partial charge on any atom is 0.255 e. The van der Waals surface area contributed by atoms with Gasteiger partial charge in [-0.2, -0.15) is 0 Å². The van der Waals surface area contributed by atoms with Crippen LogP contribution in [0.5, 0.6) is 0 Å². The van der Waals surface area contributed by atoms with Gasteiger partial charge in [0.2, 0.25) is 0 Å². The lowest BCUT2D eigenvalue weighted by molar-refractivity contribution is 0.0786. The lowest BCUT2D eigenvalue weighted by atomic mass is 10.1. The molecule has 3 nitrogen and oxygen atoms in total. The number of carbonyl (C=O) groups excluding carboxylic acids is 1. The van der Waals surface area contributed by atoms with Gasteiger partial charge in [-0.05, 0) is 40.4 Å². The van der Waals surface area contributed by atoms with Crippen LogP contribution in [0.1, 0.15) is 22.8 Å². The Morgan fingerprint density at radius 2 is 2.18 bits per heavy atom. The highest BCUT2D eigenvalue weighted by Crippen LogP contribution is 2.24. The molecule has 2 N–H and O–H groups in total. The van der Waals surface area contributed by atoms with Crippen LogP contribution >= 0.6 is 15.9 Å². The lowest BCUT2D eigenvalue weighted by Gasteiger charge is -2.17. The summed E-state index contributed by atoms with van der Waals surface area (Å²) in [5.41, 5.74) is 7.75. The molecule has 2 atom stereocenters. The molecule has 0 aliphatic carbocycles. The molecule has 0 bridgehead atoms. The van der Waals surface area contributed by atoms with Crippen LogP contribution in [-0.2, 0) is 0 Å². The Kier molecular flexibility index (Phi) is 3.54. The first-order chi connectivity index (χ1) is 8.00. The van der Waals surface area contributed by atoms with Crippen molar-refractivity contribution in [3.05, 3.63) is 33.8 Å². The molecule has 1 aliphatic rings. The fourth-order valence-electron chi connectivity index (χ4n) is 2.14. The number of aryl methyl sites for hydroxylation is 1. The maximum absolute atomic E-state index is 12.4. The van der Waals surface area contributed by atoms with Crippen molar-refractivity contribution in [2.75, 3.05) is 13.1 Å². The second-order valence-corrected chi connectivity index (χ2v) is 5.58. The van der Waals surface area contributed by atoms with Crippen LogP contribution in [0.15, 0.2) is 22.7 Å². The summed E-state index contributed by atoms with van der Waals surface area (Å²) in [6.45, 7) is 5.48. The van der Waals surface area contributed by atoms with Gasteiger partial charge in [-0.25, -0.2) is 0 Å². The monoisotopic (exact) mass is 296 g/mol. The zero-order chi connectivity index (χ0) is 12.6. The zero-order valence-corrected chi connectivity index (χ0v) is 11.7. The number of hydrogen-bond donors (Lipinski definition) is 1. The van der Waals surface area contributed by atoms with E-state index in [1.807, 2.05) is 30.0 Å². The number of nitrogens with zero attached hydrogens (tertiary/aromatic N) is 1. The van der Waals surface area contributed by atoms with E-state index in [0.717, 1.165) is 22.1 Å². The molecule has 0 spiro atoms. The van der Waals surface area contributed by atoms with Crippen LogP contribution in [0.25, 0.3) is 0 Å². The van der Waals surface area contributed by atoms with Gasteiger partial charge in [0.05, 0.1) is 5.56 Å². The average Bonchev–Trinajstić information content (AvgIpc) is 2.62. The molecule has 1 aromatic carbocycles. The van der Waals surface area contributed by atoms with Gasteiger partial charge in [-0.1, -0.05) is 19.1 Å². The van der Waals surface area contributed by atoms with E-state index in [1.165, 1.54) is 0 Å². The Labute approximate surface area is 110 Å². The first-order valence-corrected chi connectivity index (χ1v) is 6.60. The molecule has 1 aliphatic heterocycles. The molecule has 2 unspecified atom stereocenters. The number of nitrogens with two attached hydrogens (primary N) is 1. The number of benzene rings is 1. The van der Waals surface area contributed by atoms with Gasteiger partial charge in [0.25, 0.3) is 5.91 Å². The summed E-state index contributed by atoms with van der Waals surface area (Å²) >= 11 is 3.48. The summed E-state index contributed by atoms with van der Waals surface area (Å²) in [5, 5.41) is 0. The third-order valence-corrected chi connectivity index (χ3v) is 4.43. The summed E-state index contributed by atoms with van der Waals surface area (Å²) in [6, 6.07) is 5.85. The van der Waals surface area contributed by atoms with E-state index in [1.54, 1.807) is 0 Å². The molecule has 17 heavy (non-hydrogen) atoms. The van der Waals surface area contributed by atoms with Gasteiger partial charge in [0.1, 0.15) is 0 Å². The second-order valence-electron chi connectivity index (χ2n) is 4.79. The van der Waals surface area contributed by atoms with Crippen LogP contribution in [0.3, 0.4) is 0 Å². The van der Waals surface area contributed by atoms with Crippen LogP contribution in [-0.4, -0.2) is 29.9 Å². The number of hydrogen-bond acceptors (Lipinski definition) is 2. The molecule has 2 rings (SSSR count). The van der Waals surface area contributed by atoms with E-state index < -0.39 is 0 Å².